The number of nitrogens with one attached hydrogen (secondary N) is 1. The molecule has 1 rings (SSSR count). The van der Waals surface area contributed by atoms with E-state index in [0.29, 0.717) is 6.04 Å². The fourth-order valence-corrected chi connectivity index (χ4v) is 2.65. The van der Waals surface area contributed by atoms with Crippen LogP contribution in [-0.4, -0.2) is 25.3 Å². The Kier molecular flexibility index (Phi) is 6.43. The standard InChI is InChI=1S/C15H23BrFNO/c1-5-18-13(10-15(2,3)19-4)8-11-6-7-12(17)9-14(11)16/h6-7,9,13,18H,5,8,10H2,1-4H3. The van der Waals surface area contributed by atoms with Crippen molar-refractivity contribution in [3.05, 3.63) is 34.1 Å². The first-order valence-electron chi connectivity index (χ1n) is 6.60. The highest BCUT2D eigenvalue weighted by Gasteiger charge is 2.23. The van der Waals surface area contributed by atoms with Gasteiger partial charge in [-0.3, -0.25) is 0 Å². The van der Waals surface area contributed by atoms with Crippen molar-refractivity contribution in [1.29, 1.82) is 0 Å². The van der Waals surface area contributed by atoms with E-state index in [4.69, 9.17) is 4.74 Å². The summed E-state index contributed by atoms with van der Waals surface area (Å²) in [7, 11) is 1.73. The zero-order valence-corrected chi connectivity index (χ0v) is 13.7. The number of rotatable bonds is 7. The number of hydrogen-bond acceptors (Lipinski definition) is 2. The molecule has 0 saturated heterocycles. The van der Waals surface area contributed by atoms with Gasteiger partial charge in [0.15, 0.2) is 0 Å². The third kappa shape index (κ3) is 5.59. The van der Waals surface area contributed by atoms with Crippen LogP contribution in [0.1, 0.15) is 32.8 Å². The Morgan fingerprint density at radius 1 is 1.42 bits per heavy atom. The van der Waals surface area contributed by atoms with Crippen molar-refractivity contribution in [2.45, 2.75) is 45.3 Å². The van der Waals surface area contributed by atoms with E-state index in [1.54, 1.807) is 7.11 Å². The summed E-state index contributed by atoms with van der Waals surface area (Å²) >= 11 is 3.42. The SMILES string of the molecule is CCNC(Cc1ccc(F)cc1Br)CC(C)(C)OC. The van der Waals surface area contributed by atoms with Crippen molar-refractivity contribution >= 4 is 15.9 Å². The minimum absolute atomic E-state index is 0.167. The third-order valence-electron chi connectivity index (χ3n) is 3.26. The van der Waals surface area contributed by atoms with Crippen LogP contribution in [0.2, 0.25) is 0 Å². The normalized spacial score (nSPS) is 13.6. The summed E-state index contributed by atoms with van der Waals surface area (Å²) in [6, 6.07) is 5.16. The van der Waals surface area contributed by atoms with Gasteiger partial charge in [0.05, 0.1) is 5.60 Å². The van der Waals surface area contributed by atoms with Gasteiger partial charge in [-0.15, -0.1) is 0 Å². The molecule has 0 aliphatic carbocycles. The van der Waals surface area contributed by atoms with Crippen LogP contribution in [-0.2, 0) is 11.2 Å². The maximum absolute atomic E-state index is 13.1. The summed E-state index contributed by atoms with van der Waals surface area (Å²) in [5.41, 5.74) is 0.943. The summed E-state index contributed by atoms with van der Waals surface area (Å²) < 4.78 is 19.4. The average Bonchev–Trinajstić information content (AvgIpc) is 2.32. The molecule has 0 spiro atoms. The predicted molar refractivity (Wildman–Crippen MR) is 81.0 cm³/mol. The Bertz CT molecular complexity index is 409. The van der Waals surface area contributed by atoms with Gasteiger partial charge in [0.1, 0.15) is 5.82 Å². The molecule has 1 aromatic carbocycles. The third-order valence-corrected chi connectivity index (χ3v) is 4.00. The van der Waals surface area contributed by atoms with Gasteiger partial charge in [-0.2, -0.15) is 0 Å². The lowest BCUT2D eigenvalue weighted by molar-refractivity contribution is 0.00725. The average molecular weight is 332 g/mol. The minimum atomic E-state index is -0.215. The Morgan fingerprint density at radius 3 is 2.63 bits per heavy atom. The number of methoxy groups -OCH3 is 1. The fraction of sp³-hybridized carbons (Fsp3) is 0.600. The van der Waals surface area contributed by atoms with Crippen LogP contribution in [0, 0.1) is 5.82 Å². The summed E-state index contributed by atoms with van der Waals surface area (Å²) in [4.78, 5) is 0. The van der Waals surface area contributed by atoms with Gasteiger partial charge in [-0.1, -0.05) is 28.9 Å². The van der Waals surface area contributed by atoms with Gasteiger partial charge < -0.3 is 10.1 Å². The largest absolute Gasteiger partial charge is 0.379 e. The van der Waals surface area contributed by atoms with E-state index in [2.05, 4.69) is 42.0 Å². The van der Waals surface area contributed by atoms with Crippen molar-refractivity contribution in [2.75, 3.05) is 13.7 Å². The Morgan fingerprint density at radius 2 is 2.11 bits per heavy atom. The lowest BCUT2D eigenvalue weighted by Gasteiger charge is -2.29. The molecule has 0 bridgehead atoms. The van der Waals surface area contributed by atoms with Crippen LogP contribution >= 0.6 is 15.9 Å². The monoisotopic (exact) mass is 331 g/mol. The molecule has 1 atom stereocenters. The van der Waals surface area contributed by atoms with Gasteiger partial charge in [0, 0.05) is 17.6 Å². The molecule has 19 heavy (non-hydrogen) atoms. The van der Waals surface area contributed by atoms with Crippen LogP contribution in [0.3, 0.4) is 0 Å². The fourth-order valence-electron chi connectivity index (χ4n) is 2.13. The first-order valence-corrected chi connectivity index (χ1v) is 7.39. The minimum Gasteiger partial charge on any atom is -0.379 e. The van der Waals surface area contributed by atoms with Crippen molar-refractivity contribution in [3.8, 4) is 0 Å². The van der Waals surface area contributed by atoms with Gasteiger partial charge in [0.2, 0.25) is 0 Å². The Balaban J connectivity index is 2.77. The Hall–Kier alpha value is -0.450. The highest BCUT2D eigenvalue weighted by atomic mass is 79.9. The highest BCUT2D eigenvalue weighted by Crippen LogP contribution is 2.23. The summed E-state index contributed by atoms with van der Waals surface area (Å²) in [6.45, 7) is 7.16. The predicted octanol–water partition coefficient (Wildman–Crippen LogP) is 3.92. The zero-order valence-electron chi connectivity index (χ0n) is 12.1. The van der Waals surface area contributed by atoms with E-state index < -0.39 is 0 Å². The topological polar surface area (TPSA) is 21.3 Å². The second-order valence-corrected chi connectivity index (χ2v) is 6.22. The molecule has 1 unspecified atom stereocenters. The van der Waals surface area contributed by atoms with Crippen molar-refractivity contribution < 1.29 is 9.13 Å². The molecule has 2 nitrogen and oxygen atoms in total. The van der Waals surface area contributed by atoms with E-state index in [-0.39, 0.29) is 11.4 Å². The Labute approximate surface area is 123 Å². The van der Waals surface area contributed by atoms with Crippen LogP contribution in [0.4, 0.5) is 4.39 Å². The first-order chi connectivity index (χ1) is 8.88. The molecule has 0 fully saturated rings. The molecule has 0 saturated carbocycles. The summed E-state index contributed by atoms with van der Waals surface area (Å²) in [5, 5.41) is 3.47. The number of ether oxygens (including phenoxy) is 1. The second kappa shape index (κ2) is 7.36. The van der Waals surface area contributed by atoms with E-state index in [9.17, 15) is 4.39 Å². The molecule has 0 aliphatic rings. The molecule has 108 valence electrons. The lowest BCUT2D eigenvalue weighted by Crippen LogP contribution is -2.39. The molecule has 0 radical (unpaired) electrons. The quantitative estimate of drug-likeness (QED) is 0.817. The van der Waals surface area contributed by atoms with Gasteiger partial charge >= 0.3 is 0 Å². The van der Waals surface area contributed by atoms with Crippen molar-refractivity contribution in [1.82, 2.24) is 5.32 Å². The van der Waals surface area contributed by atoms with Crippen LogP contribution < -0.4 is 5.32 Å². The zero-order chi connectivity index (χ0) is 14.5. The lowest BCUT2D eigenvalue weighted by atomic mass is 9.94. The molecule has 0 heterocycles. The van der Waals surface area contributed by atoms with E-state index >= 15 is 0 Å². The number of halogens is 2. The van der Waals surface area contributed by atoms with Crippen LogP contribution in [0.5, 0.6) is 0 Å². The molecule has 1 aromatic rings. The highest BCUT2D eigenvalue weighted by molar-refractivity contribution is 9.10. The molecule has 0 amide bonds. The number of hydrogen-bond donors (Lipinski definition) is 1. The molecule has 0 aromatic heterocycles. The smallest absolute Gasteiger partial charge is 0.124 e. The van der Waals surface area contributed by atoms with Crippen molar-refractivity contribution in [2.24, 2.45) is 0 Å². The van der Waals surface area contributed by atoms with Crippen molar-refractivity contribution in [3.63, 3.8) is 0 Å². The molecule has 1 N–H and O–H groups in total. The molecular formula is C15H23BrFNO. The van der Waals surface area contributed by atoms with Crippen LogP contribution in [0.15, 0.2) is 22.7 Å². The maximum atomic E-state index is 13.1. The number of likely N-dealkylation sites (N-methyl/N-ethyl adjacent to an activating group) is 1. The summed E-state index contributed by atoms with van der Waals surface area (Å²) in [6.07, 6.45) is 1.75. The van der Waals surface area contributed by atoms with E-state index in [1.165, 1.54) is 12.1 Å². The number of benzene rings is 1. The summed E-state index contributed by atoms with van der Waals surface area (Å²) in [5.74, 6) is -0.215. The molecule has 4 heteroatoms. The second-order valence-electron chi connectivity index (χ2n) is 5.36. The van der Waals surface area contributed by atoms with Crippen LogP contribution in [0.25, 0.3) is 0 Å². The van der Waals surface area contributed by atoms with Gasteiger partial charge in [-0.05, 0) is 50.9 Å². The van der Waals surface area contributed by atoms with Gasteiger partial charge in [0.25, 0.3) is 0 Å². The maximum Gasteiger partial charge on any atom is 0.124 e. The first kappa shape index (κ1) is 16.6. The van der Waals surface area contributed by atoms with E-state index in [1.807, 2.05) is 6.07 Å². The molecule has 0 aliphatic heterocycles. The van der Waals surface area contributed by atoms with E-state index in [0.717, 1.165) is 29.4 Å². The van der Waals surface area contributed by atoms with Gasteiger partial charge in [-0.25, -0.2) is 4.39 Å². The molecular weight excluding hydrogens is 309 g/mol.